The largest absolute Gasteiger partial charge is 0.349 e. The lowest BCUT2D eigenvalue weighted by Crippen LogP contribution is -2.43. The van der Waals surface area contributed by atoms with Crippen LogP contribution in [0.2, 0.25) is 0 Å². The van der Waals surface area contributed by atoms with Crippen molar-refractivity contribution in [3.63, 3.8) is 0 Å². The Morgan fingerprint density at radius 2 is 2.00 bits per heavy atom. The van der Waals surface area contributed by atoms with Crippen LogP contribution in [0.3, 0.4) is 0 Å². The summed E-state index contributed by atoms with van der Waals surface area (Å²) in [5.41, 5.74) is 1.25. The van der Waals surface area contributed by atoms with Crippen molar-refractivity contribution in [2.45, 2.75) is 13.0 Å². The number of benzene rings is 1. The summed E-state index contributed by atoms with van der Waals surface area (Å²) in [5, 5.41) is 5.66. The summed E-state index contributed by atoms with van der Waals surface area (Å²) in [6, 6.07) is 7.02. The van der Waals surface area contributed by atoms with Crippen LogP contribution in [0, 0.1) is 5.92 Å². The van der Waals surface area contributed by atoms with Gasteiger partial charge in [-0.25, -0.2) is 0 Å². The van der Waals surface area contributed by atoms with Gasteiger partial charge in [-0.1, -0.05) is 6.58 Å². The zero-order valence-corrected chi connectivity index (χ0v) is 12.2. The molecule has 1 heterocycles. The molecule has 2 amide bonds. The highest BCUT2D eigenvalue weighted by atomic mass is 32.2. The highest BCUT2D eigenvalue weighted by Crippen LogP contribution is 2.27. The van der Waals surface area contributed by atoms with E-state index in [-0.39, 0.29) is 17.9 Å². The number of nitrogens with one attached hydrogen (secondary N) is 2. The van der Waals surface area contributed by atoms with Crippen LogP contribution in [0.15, 0.2) is 36.9 Å². The van der Waals surface area contributed by atoms with Crippen LogP contribution in [0.5, 0.6) is 0 Å². The number of hydrogen-bond acceptors (Lipinski definition) is 3. The van der Waals surface area contributed by atoms with Crippen LogP contribution in [0.1, 0.15) is 17.3 Å². The van der Waals surface area contributed by atoms with E-state index >= 15 is 0 Å². The lowest BCUT2D eigenvalue weighted by atomic mass is 10.0. The summed E-state index contributed by atoms with van der Waals surface area (Å²) in [5.74, 6) is 2.48. The van der Waals surface area contributed by atoms with Gasteiger partial charge in [0.15, 0.2) is 0 Å². The Balaban J connectivity index is 1.92. The standard InChI is InChI=1S/C15H18N2O2S/c1-3-14(18)17-13-6-4-11(5-7-13)15(19)16-10(2)12-8-20-9-12/h3-7,10,12H,1,8-9H2,2H3,(H,16,19)(H,17,18). The molecule has 106 valence electrons. The van der Waals surface area contributed by atoms with Crippen molar-refractivity contribution < 1.29 is 9.59 Å². The SMILES string of the molecule is C=CC(=O)Nc1ccc(C(=O)NC(C)C2CSC2)cc1. The first-order valence-corrected chi connectivity index (χ1v) is 7.67. The van der Waals surface area contributed by atoms with Crippen molar-refractivity contribution in [1.29, 1.82) is 0 Å². The molecule has 1 saturated heterocycles. The maximum absolute atomic E-state index is 12.1. The molecule has 1 fully saturated rings. The molecule has 5 heteroatoms. The Morgan fingerprint density at radius 3 is 2.50 bits per heavy atom. The zero-order valence-electron chi connectivity index (χ0n) is 11.4. The van der Waals surface area contributed by atoms with Crippen molar-refractivity contribution in [2.24, 2.45) is 5.92 Å². The third-order valence-electron chi connectivity index (χ3n) is 3.33. The van der Waals surface area contributed by atoms with Gasteiger partial charge in [-0.05, 0) is 54.7 Å². The smallest absolute Gasteiger partial charge is 0.251 e. The monoisotopic (exact) mass is 290 g/mol. The number of carbonyl (C=O) groups is 2. The summed E-state index contributed by atoms with van der Waals surface area (Å²) in [7, 11) is 0. The fraction of sp³-hybridized carbons (Fsp3) is 0.333. The summed E-state index contributed by atoms with van der Waals surface area (Å²) in [4.78, 5) is 23.2. The molecule has 20 heavy (non-hydrogen) atoms. The molecular weight excluding hydrogens is 272 g/mol. The molecule has 1 aliphatic rings. The molecule has 1 unspecified atom stereocenters. The second-order valence-corrected chi connectivity index (χ2v) is 5.91. The second kappa shape index (κ2) is 6.61. The number of rotatable bonds is 5. The van der Waals surface area contributed by atoms with E-state index in [4.69, 9.17) is 0 Å². The minimum Gasteiger partial charge on any atom is -0.349 e. The topological polar surface area (TPSA) is 58.2 Å². The normalized spacial score (nSPS) is 15.8. The first-order chi connectivity index (χ1) is 9.60. The van der Waals surface area contributed by atoms with Crippen molar-refractivity contribution in [3.8, 4) is 0 Å². The van der Waals surface area contributed by atoms with Gasteiger partial charge in [-0.2, -0.15) is 11.8 Å². The van der Waals surface area contributed by atoms with Gasteiger partial charge in [0.2, 0.25) is 5.91 Å². The van der Waals surface area contributed by atoms with Crippen molar-refractivity contribution in [3.05, 3.63) is 42.5 Å². The van der Waals surface area contributed by atoms with Crippen molar-refractivity contribution in [2.75, 3.05) is 16.8 Å². The van der Waals surface area contributed by atoms with Gasteiger partial charge >= 0.3 is 0 Å². The van der Waals surface area contributed by atoms with E-state index in [0.29, 0.717) is 17.2 Å². The Hall–Kier alpha value is -1.75. The van der Waals surface area contributed by atoms with Crippen LogP contribution in [-0.2, 0) is 4.79 Å². The molecule has 4 nitrogen and oxygen atoms in total. The van der Waals surface area contributed by atoms with Crippen LogP contribution in [0.25, 0.3) is 0 Å². The lowest BCUT2D eigenvalue weighted by Gasteiger charge is -2.31. The van der Waals surface area contributed by atoms with E-state index < -0.39 is 0 Å². The third kappa shape index (κ3) is 3.63. The summed E-state index contributed by atoms with van der Waals surface area (Å²) < 4.78 is 0. The van der Waals surface area contributed by atoms with Gasteiger partial charge in [0.1, 0.15) is 0 Å². The molecule has 1 atom stereocenters. The Bertz CT molecular complexity index is 509. The molecular formula is C15H18N2O2S. The summed E-state index contributed by atoms with van der Waals surface area (Å²) in [6.07, 6.45) is 1.21. The van der Waals surface area contributed by atoms with E-state index in [0.717, 1.165) is 11.5 Å². The van der Waals surface area contributed by atoms with Gasteiger partial charge in [-0.3, -0.25) is 9.59 Å². The van der Waals surface area contributed by atoms with Crippen LogP contribution < -0.4 is 10.6 Å². The average molecular weight is 290 g/mol. The molecule has 0 saturated carbocycles. The van der Waals surface area contributed by atoms with E-state index in [9.17, 15) is 9.59 Å². The van der Waals surface area contributed by atoms with Crippen molar-refractivity contribution in [1.82, 2.24) is 5.32 Å². The molecule has 0 bridgehead atoms. The second-order valence-electron chi connectivity index (χ2n) is 4.83. The van der Waals surface area contributed by atoms with Crippen molar-refractivity contribution >= 4 is 29.3 Å². The van der Waals surface area contributed by atoms with E-state index in [2.05, 4.69) is 17.2 Å². The zero-order chi connectivity index (χ0) is 14.5. The molecule has 2 rings (SSSR count). The van der Waals surface area contributed by atoms with Crippen LogP contribution in [0.4, 0.5) is 5.69 Å². The van der Waals surface area contributed by atoms with Crippen LogP contribution in [-0.4, -0.2) is 29.4 Å². The minimum absolute atomic E-state index is 0.0732. The van der Waals surface area contributed by atoms with Gasteiger partial charge < -0.3 is 10.6 Å². The molecule has 0 aliphatic carbocycles. The quantitative estimate of drug-likeness (QED) is 0.818. The van der Waals surface area contributed by atoms with Gasteiger partial charge in [0.25, 0.3) is 5.91 Å². The van der Waals surface area contributed by atoms with E-state index in [1.807, 2.05) is 18.7 Å². The fourth-order valence-electron chi connectivity index (χ4n) is 1.85. The molecule has 1 aromatic rings. The number of carbonyl (C=O) groups excluding carboxylic acids is 2. The number of thioether (sulfide) groups is 1. The fourth-order valence-corrected chi connectivity index (χ4v) is 2.93. The molecule has 1 aliphatic heterocycles. The summed E-state index contributed by atoms with van der Waals surface area (Å²) >= 11 is 1.91. The lowest BCUT2D eigenvalue weighted by molar-refractivity contribution is -0.111. The highest BCUT2D eigenvalue weighted by Gasteiger charge is 2.25. The summed E-state index contributed by atoms with van der Waals surface area (Å²) in [6.45, 7) is 5.43. The molecule has 0 aromatic heterocycles. The highest BCUT2D eigenvalue weighted by molar-refractivity contribution is 8.00. The predicted molar refractivity (Wildman–Crippen MR) is 83.0 cm³/mol. The Morgan fingerprint density at radius 1 is 1.35 bits per heavy atom. The van der Waals surface area contributed by atoms with Gasteiger partial charge in [-0.15, -0.1) is 0 Å². The Labute approximate surface area is 123 Å². The predicted octanol–water partition coefficient (Wildman–Crippen LogP) is 2.29. The molecule has 2 N–H and O–H groups in total. The number of anilines is 1. The first kappa shape index (κ1) is 14.7. The minimum atomic E-state index is -0.265. The van der Waals surface area contributed by atoms with Gasteiger partial charge in [0.05, 0.1) is 0 Å². The third-order valence-corrected chi connectivity index (χ3v) is 4.66. The number of hydrogen-bond donors (Lipinski definition) is 2. The maximum atomic E-state index is 12.1. The molecule has 1 aromatic carbocycles. The van der Waals surface area contributed by atoms with Gasteiger partial charge in [0, 0.05) is 17.3 Å². The van der Waals surface area contributed by atoms with E-state index in [1.54, 1.807) is 24.3 Å². The number of amides is 2. The maximum Gasteiger partial charge on any atom is 0.251 e. The van der Waals surface area contributed by atoms with Crippen LogP contribution >= 0.6 is 11.8 Å². The Kier molecular flexibility index (Phi) is 4.84. The first-order valence-electron chi connectivity index (χ1n) is 6.52. The average Bonchev–Trinajstić information content (AvgIpc) is 2.37. The molecule has 0 spiro atoms. The molecule has 0 radical (unpaired) electrons. The van der Waals surface area contributed by atoms with E-state index in [1.165, 1.54) is 6.08 Å².